The van der Waals surface area contributed by atoms with E-state index in [2.05, 4.69) is 5.32 Å². The summed E-state index contributed by atoms with van der Waals surface area (Å²) in [7, 11) is -3.87. The predicted octanol–water partition coefficient (Wildman–Crippen LogP) is 2.21. The van der Waals surface area contributed by atoms with Gasteiger partial charge < -0.3 is 15.0 Å². The zero-order chi connectivity index (χ0) is 22.6. The van der Waals surface area contributed by atoms with Crippen molar-refractivity contribution in [1.82, 2.24) is 4.90 Å². The number of primary sulfonamides is 1. The number of sulfonamides is 1. The van der Waals surface area contributed by atoms with Crippen molar-refractivity contribution >= 4 is 27.5 Å². The lowest BCUT2D eigenvalue weighted by molar-refractivity contribution is -0.136. The number of carbonyl (C=O) groups excluding carboxylic acids is 2. The summed E-state index contributed by atoms with van der Waals surface area (Å²) in [6, 6.07) is 12.0. The van der Waals surface area contributed by atoms with Crippen molar-refractivity contribution in [2.24, 2.45) is 11.1 Å². The fraction of sp³-hybridized carbons (Fsp3) is 0.364. The van der Waals surface area contributed by atoms with Gasteiger partial charge in [0.2, 0.25) is 15.9 Å². The Morgan fingerprint density at radius 3 is 2.39 bits per heavy atom. The Morgan fingerprint density at radius 2 is 1.77 bits per heavy atom. The van der Waals surface area contributed by atoms with Crippen LogP contribution in [0.2, 0.25) is 0 Å². The Balaban J connectivity index is 1.56. The van der Waals surface area contributed by atoms with Crippen LogP contribution >= 0.6 is 0 Å². The van der Waals surface area contributed by atoms with Gasteiger partial charge in [0.25, 0.3) is 5.91 Å². The standard InChI is InChI=1S/C22H27N3O5S/c1-15-12-19(31(23,28)29)13-20(16(15)2)24-22(27)17-8-10-25(11-9-17)21(26)14-30-18-6-4-3-5-7-18/h3-7,12-13,17H,8-11,14H2,1-2H3,(H,24,27)(H2,23,28,29). The number of benzene rings is 2. The van der Waals surface area contributed by atoms with Crippen molar-refractivity contribution in [2.45, 2.75) is 31.6 Å². The molecule has 0 aliphatic carbocycles. The summed E-state index contributed by atoms with van der Waals surface area (Å²) >= 11 is 0. The van der Waals surface area contributed by atoms with E-state index in [1.54, 1.807) is 24.0 Å². The molecule has 166 valence electrons. The maximum absolute atomic E-state index is 12.8. The molecule has 1 aliphatic rings. The molecule has 2 aromatic rings. The lowest BCUT2D eigenvalue weighted by Crippen LogP contribution is -2.43. The zero-order valence-electron chi connectivity index (χ0n) is 17.6. The summed E-state index contributed by atoms with van der Waals surface area (Å²) < 4.78 is 28.9. The minimum atomic E-state index is -3.87. The van der Waals surface area contributed by atoms with Crippen molar-refractivity contribution < 1.29 is 22.7 Å². The van der Waals surface area contributed by atoms with Crippen LogP contribution in [0.1, 0.15) is 24.0 Å². The first-order chi connectivity index (χ1) is 14.6. The molecule has 1 fully saturated rings. The van der Waals surface area contributed by atoms with Gasteiger partial charge in [-0.1, -0.05) is 18.2 Å². The average molecular weight is 446 g/mol. The van der Waals surface area contributed by atoms with Crippen LogP contribution in [0.3, 0.4) is 0 Å². The molecule has 0 unspecified atom stereocenters. The van der Waals surface area contributed by atoms with Gasteiger partial charge in [-0.25, -0.2) is 13.6 Å². The van der Waals surface area contributed by atoms with Crippen LogP contribution in [0, 0.1) is 19.8 Å². The van der Waals surface area contributed by atoms with Gasteiger partial charge in [-0.3, -0.25) is 9.59 Å². The third-order valence-electron chi connectivity index (χ3n) is 5.55. The monoisotopic (exact) mass is 445 g/mol. The van der Waals surface area contributed by atoms with E-state index in [9.17, 15) is 18.0 Å². The van der Waals surface area contributed by atoms with Gasteiger partial charge >= 0.3 is 0 Å². The Bertz CT molecular complexity index is 1060. The van der Waals surface area contributed by atoms with E-state index < -0.39 is 10.0 Å². The van der Waals surface area contributed by atoms with Crippen LogP contribution in [0.15, 0.2) is 47.4 Å². The second-order valence-electron chi connectivity index (χ2n) is 7.70. The summed E-state index contributed by atoms with van der Waals surface area (Å²) in [5, 5.41) is 8.07. The van der Waals surface area contributed by atoms with Crippen LogP contribution in [-0.4, -0.2) is 44.8 Å². The maximum atomic E-state index is 12.8. The second kappa shape index (κ2) is 9.49. The number of hydrogen-bond acceptors (Lipinski definition) is 5. The van der Waals surface area contributed by atoms with Crippen LogP contribution < -0.4 is 15.2 Å². The summed E-state index contributed by atoms with van der Waals surface area (Å²) in [6.45, 7) is 4.46. The number of carbonyl (C=O) groups is 2. The minimum Gasteiger partial charge on any atom is -0.484 e. The molecule has 0 saturated carbocycles. The average Bonchev–Trinajstić information content (AvgIpc) is 2.75. The van der Waals surface area contributed by atoms with Crippen molar-refractivity contribution in [3.63, 3.8) is 0 Å². The molecule has 1 heterocycles. The molecule has 2 amide bonds. The van der Waals surface area contributed by atoms with Crippen LogP contribution in [0.4, 0.5) is 5.69 Å². The van der Waals surface area contributed by atoms with E-state index in [4.69, 9.17) is 9.88 Å². The molecule has 1 aliphatic heterocycles. The molecule has 0 aromatic heterocycles. The number of nitrogens with one attached hydrogen (secondary N) is 1. The molecule has 9 heteroatoms. The highest BCUT2D eigenvalue weighted by atomic mass is 32.2. The van der Waals surface area contributed by atoms with E-state index in [1.165, 1.54) is 12.1 Å². The highest BCUT2D eigenvalue weighted by Crippen LogP contribution is 2.26. The molecule has 8 nitrogen and oxygen atoms in total. The lowest BCUT2D eigenvalue weighted by Gasteiger charge is -2.31. The van der Waals surface area contributed by atoms with E-state index in [-0.39, 0.29) is 29.2 Å². The molecule has 3 N–H and O–H groups in total. The van der Waals surface area contributed by atoms with Crippen LogP contribution in [0.5, 0.6) is 5.75 Å². The number of piperidine rings is 1. The highest BCUT2D eigenvalue weighted by molar-refractivity contribution is 7.89. The van der Waals surface area contributed by atoms with E-state index in [1.807, 2.05) is 25.1 Å². The summed E-state index contributed by atoms with van der Waals surface area (Å²) in [5.74, 6) is 0.0613. The van der Waals surface area contributed by atoms with E-state index in [0.717, 1.165) is 11.1 Å². The molecule has 0 atom stereocenters. The molecule has 31 heavy (non-hydrogen) atoms. The SMILES string of the molecule is Cc1cc(S(N)(=O)=O)cc(NC(=O)C2CCN(C(=O)COc3ccccc3)CC2)c1C. The first-order valence-electron chi connectivity index (χ1n) is 10.1. The number of likely N-dealkylation sites (tertiary alicyclic amines) is 1. The van der Waals surface area contributed by atoms with Gasteiger partial charge in [0.1, 0.15) is 5.75 Å². The van der Waals surface area contributed by atoms with E-state index in [0.29, 0.717) is 37.4 Å². The number of hydrogen-bond donors (Lipinski definition) is 2. The van der Waals surface area contributed by atoms with Gasteiger partial charge in [-0.2, -0.15) is 0 Å². The minimum absolute atomic E-state index is 0.0373. The van der Waals surface area contributed by atoms with Crippen molar-refractivity contribution in [1.29, 1.82) is 0 Å². The number of amides is 2. The second-order valence-corrected chi connectivity index (χ2v) is 9.27. The number of anilines is 1. The normalized spacial score (nSPS) is 14.9. The molecule has 0 bridgehead atoms. The molecular weight excluding hydrogens is 418 g/mol. The van der Waals surface area contributed by atoms with Crippen LogP contribution in [-0.2, 0) is 19.6 Å². The first kappa shape index (κ1) is 22.8. The smallest absolute Gasteiger partial charge is 0.260 e. The van der Waals surface area contributed by atoms with E-state index >= 15 is 0 Å². The van der Waals surface area contributed by atoms with Gasteiger partial charge in [0, 0.05) is 24.7 Å². The largest absolute Gasteiger partial charge is 0.484 e. The third kappa shape index (κ3) is 5.83. The Hall–Kier alpha value is -2.91. The van der Waals surface area contributed by atoms with Gasteiger partial charge in [0.15, 0.2) is 6.61 Å². The Kier molecular flexibility index (Phi) is 6.97. The van der Waals surface area contributed by atoms with Crippen LogP contribution in [0.25, 0.3) is 0 Å². The van der Waals surface area contributed by atoms with Gasteiger partial charge in [-0.15, -0.1) is 0 Å². The number of nitrogens with two attached hydrogens (primary N) is 1. The summed E-state index contributed by atoms with van der Waals surface area (Å²) in [5.41, 5.74) is 1.94. The topological polar surface area (TPSA) is 119 Å². The highest BCUT2D eigenvalue weighted by Gasteiger charge is 2.28. The number of ether oxygens (including phenoxy) is 1. The zero-order valence-corrected chi connectivity index (χ0v) is 18.4. The fourth-order valence-corrected chi connectivity index (χ4v) is 4.12. The van der Waals surface area contributed by atoms with Crippen molar-refractivity contribution in [2.75, 3.05) is 25.0 Å². The number of aryl methyl sites for hydroxylation is 1. The van der Waals surface area contributed by atoms with Gasteiger partial charge in [-0.05, 0) is 62.1 Å². The third-order valence-corrected chi connectivity index (χ3v) is 6.44. The molecular formula is C22H27N3O5S. The Labute approximate surface area is 182 Å². The molecule has 0 radical (unpaired) electrons. The quantitative estimate of drug-likeness (QED) is 0.707. The van der Waals surface area contributed by atoms with Crippen molar-refractivity contribution in [3.05, 3.63) is 53.6 Å². The summed E-state index contributed by atoms with van der Waals surface area (Å²) in [6.07, 6.45) is 1.05. The molecule has 3 rings (SSSR count). The maximum Gasteiger partial charge on any atom is 0.260 e. The first-order valence-corrected chi connectivity index (χ1v) is 11.6. The van der Waals surface area contributed by atoms with Crippen molar-refractivity contribution in [3.8, 4) is 5.75 Å². The fourth-order valence-electron chi connectivity index (χ4n) is 3.50. The number of para-hydroxylation sites is 1. The lowest BCUT2D eigenvalue weighted by atomic mass is 9.95. The molecule has 2 aromatic carbocycles. The molecule has 1 saturated heterocycles. The number of nitrogens with zero attached hydrogens (tertiary/aromatic N) is 1. The van der Waals surface area contributed by atoms with Gasteiger partial charge in [0.05, 0.1) is 4.90 Å². The number of rotatable bonds is 6. The molecule has 0 spiro atoms. The Morgan fingerprint density at radius 1 is 1.13 bits per heavy atom. The summed E-state index contributed by atoms with van der Waals surface area (Å²) in [4.78, 5) is 26.8. The predicted molar refractivity (Wildman–Crippen MR) is 117 cm³/mol.